The number of nitrogens with zero attached hydrogens (tertiary/aromatic N) is 4. The molecule has 0 radical (unpaired) electrons. The molecule has 0 aromatic carbocycles. The third-order valence-electron chi connectivity index (χ3n) is 2.96. The summed E-state index contributed by atoms with van der Waals surface area (Å²) in [4.78, 5) is 12.9. The summed E-state index contributed by atoms with van der Waals surface area (Å²) in [5, 5.41) is 16.6. The minimum absolute atomic E-state index is 0.0908. The number of hydrogen-bond donors (Lipinski definition) is 1. The fourth-order valence-electron chi connectivity index (χ4n) is 2.01. The van der Waals surface area contributed by atoms with Crippen molar-refractivity contribution in [3.05, 3.63) is 34.7 Å². The van der Waals surface area contributed by atoms with E-state index in [0.717, 1.165) is 10.6 Å². The van der Waals surface area contributed by atoms with Crippen molar-refractivity contribution >= 4 is 23.3 Å². The number of thiophene rings is 1. The minimum atomic E-state index is -0.185. The van der Waals surface area contributed by atoms with Gasteiger partial charge in [0.2, 0.25) is 5.91 Å². The van der Waals surface area contributed by atoms with Crippen LogP contribution in [-0.4, -0.2) is 25.9 Å². The maximum absolute atomic E-state index is 11.9. The van der Waals surface area contributed by atoms with Gasteiger partial charge in [0, 0.05) is 17.1 Å². The van der Waals surface area contributed by atoms with E-state index >= 15 is 0 Å². The predicted octanol–water partition coefficient (Wildman–Crippen LogP) is 2.76. The molecule has 0 aliphatic carbocycles. The molecule has 22 heavy (non-hydrogen) atoms. The maximum atomic E-state index is 11.9. The second kappa shape index (κ2) is 6.10. The molecule has 114 valence electrons. The van der Waals surface area contributed by atoms with Gasteiger partial charge in [-0.3, -0.25) is 14.8 Å². The lowest BCUT2D eigenvalue weighted by atomic mass is 10.3. The largest absolute Gasteiger partial charge is 0.401 e. The summed E-state index contributed by atoms with van der Waals surface area (Å²) in [5.41, 5.74) is 0.723. The lowest BCUT2D eigenvalue weighted by Gasteiger charge is -2.07. The van der Waals surface area contributed by atoms with Crippen LogP contribution in [0.3, 0.4) is 0 Å². The lowest BCUT2D eigenvalue weighted by molar-refractivity contribution is -0.115. The van der Waals surface area contributed by atoms with Gasteiger partial charge in [0.1, 0.15) is 5.69 Å². The van der Waals surface area contributed by atoms with E-state index in [4.69, 9.17) is 4.42 Å². The van der Waals surface area contributed by atoms with E-state index in [-0.39, 0.29) is 18.0 Å². The summed E-state index contributed by atoms with van der Waals surface area (Å²) in [6.07, 6.45) is 1.97. The molecular weight excluding hydrogens is 302 g/mol. The van der Waals surface area contributed by atoms with Gasteiger partial charge < -0.3 is 4.42 Å². The molecule has 0 bridgehead atoms. The number of aromatic nitrogens is 4. The molecule has 0 aliphatic rings. The number of nitrogens with one attached hydrogen (secondary N) is 1. The molecule has 0 saturated heterocycles. The quantitative estimate of drug-likeness (QED) is 0.782. The van der Waals surface area contributed by atoms with Gasteiger partial charge in [-0.05, 0) is 31.4 Å². The van der Waals surface area contributed by atoms with Crippen LogP contribution in [0.25, 0.3) is 11.6 Å². The molecule has 3 aromatic heterocycles. The first-order valence-electron chi connectivity index (χ1n) is 6.83. The number of carbonyl (C=O) groups excluding carboxylic acids is 1. The number of carbonyl (C=O) groups is 1. The Hall–Kier alpha value is -2.48. The van der Waals surface area contributed by atoms with Gasteiger partial charge in [-0.15, -0.1) is 16.4 Å². The molecule has 0 unspecified atom stereocenters. The topological polar surface area (TPSA) is 85.8 Å². The van der Waals surface area contributed by atoms with Crippen molar-refractivity contribution in [1.29, 1.82) is 0 Å². The van der Waals surface area contributed by atoms with Gasteiger partial charge in [-0.1, -0.05) is 11.2 Å². The Bertz CT molecular complexity index is 760. The fraction of sp³-hybridized carbons (Fsp3) is 0.286. The molecule has 1 amide bonds. The van der Waals surface area contributed by atoms with Crippen molar-refractivity contribution < 1.29 is 9.21 Å². The van der Waals surface area contributed by atoms with Gasteiger partial charge in [0.15, 0.2) is 0 Å². The van der Waals surface area contributed by atoms with Crippen molar-refractivity contribution in [2.45, 2.75) is 26.3 Å². The molecule has 3 aromatic rings. The van der Waals surface area contributed by atoms with Gasteiger partial charge >= 0.3 is 6.01 Å². The number of rotatable bonds is 5. The third kappa shape index (κ3) is 3.06. The Labute approximate surface area is 131 Å². The molecule has 3 heterocycles. The summed E-state index contributed by atoms with van der Waals surface area (Å²) >= 11 is 1.53. The van der Waals surface area contributed by atoms with Gasteiger partial charge in [-0.2, -0.15) is 5.10 Å². The Morgan fingerprint density at radius 1 is 1.41 bits per heavy atom. The van der Waals surface area contributed by atoms with Crippen molar-refractivity contribution in [2.24, 2.45) is 0 Å². The van der Waals surface area contributed by atoms with Crippen LogP contribution in [0.2, 0.25) is 0 Å². The highest BCUT2D eigenvalue weighted by atomic mass is 32.1. The lowest BCUT2D eigenvalue weighted by Crippen LogP contribution is -2.13. The highest BCUT2D eigenvalue weighted by Crippen LogP contribution is 2.22. The Morgan fingerprint density at radius 3 is 3.00 bits per heavy atom. The molecule has 0 spiro atoms. The zero-order valence-electron chi connectivity index (χ0n) is 12.2. The van der Waals surface area contributed by atoms with Crippen LogP contribution in [-0.2, 0) is 11.2 Å². The molecule has 1 N–H and O–H groups in total. The first-order chi connectivity index (χ1) is 10.6. The number of hydrogen-bond acceptors (Lipinski definition) is 6. The average Bonchev–Trinajstić information content (AvgIpc) is 3.18. The van der Waals surface area contributed by atoms with E-state index in [1.54, 1.807) is 16.9 Å². The maximum Gasteiger partial charge on any atom is 0.322 e. The van der Waals surface area contributed by atoms with E-state index < -0.39 is 0 Å². The summed E-state index contributed by atoms with van der Waals surface area (Å²) in [6.45, 7) is 4.02. The normalized spacial score (nSPS) is 11.0. The van der Waals surface area contributed by atoms with E-state index in [1.165, 1.54) is 11.3 Å². The van der Waals surface area contributed by atoms with Gasteiger partial charge in [-0.25, -0.2) is 0 Å². The van der Waals surface area contributed by atoms with Crippen molar-refractivity contribution in [3.63, 3.8) is 0 Å². The van der Waals surface area contributed by atoms with Crippen LogP contribution in [0.1, 0.15) is 24.8 Å². The Kier molecular flexibility index (Phi) is 4.01. The molecular formula is C14H15N5O2S. The highest BCUT2D eigenvalue weighted by Gasteiger charge is 2.16. The van der Waals surface area contributed by atoms with Crippen molar-refractivity contribution in [1.82, 2.24) is 20.0 Å². The molecule has 0 atom stereocenters. The van der Waals surface area contributed by atoms with Crippen LogP contribution in [0.5, 0.6) is 0 Å². The minimum Gasteiger partial charge on any atom is -0.401 e. The fourth-order valence-corrected chi connectivity index (χ4v) is 2.71. The monoisotopic (exact) mass is 317 g/mol. The van der Waals surface area contributed by atoms with Crippen molar-refractivity contribution in [3.8, 4) is 11.6 Å². The van der Waals surface area contributed by atoms with Crippen LogP contribution >= 0.6 is 11.3 Å². The van der Waals surface area contributed by atoms with Crippen LogP contribution < -0.4 is 5.32 Å². The van der Waals surface area contributed by atoms with Crippen LogP contribution in [0.15, 0.2) is 34.2 Å². The molecule has 0 saturated carbocycles. The third-order valence-corrected chi connectivity index (χ3v) is 3.84. The first kappa shape index (κ1) is 14.5. The molecule has 0 fully saturated rings. The number of anilines is 1. The summed E-state index contributed by atoms with van der Waals surface area (Å²) < 4.78 is 7.28. The predicted molar refractivity (Wildman–Crippen MR) is 82.6 cm³/mol. The van der Waals surface area contributed by atoms with Crippen LogP contribution in [0.4, 0.5) is 6.01 Å². The Balaban J connectivity index is 1.71. The van der Waals surface area contributed by atoms with E-state index in [2.05, 4.69) is 20.6 Å². The second-order valence-corrected chi connectivity index (χ2v) is 6.00. The number of amides is 1. The summed E-state index contributed by atoms with van der Waals surface area (Å²) in [6, 6.07) is 5.88. The molecule has 8 heteroatoms. The summed E-state index contributed by atoms with van der Waals surface area (Å²) in [5.74, 6) is 0.146. The zero-order valence-corrected chi connectivity index (χ0v) is 13.0. The zero-order chi connectivity index (χ0) is 15.5. The average molecular weight is 317 g/mol. The standard InChI is InChI=1S/C14H15N5O2S/c1-9(2)19-11(5-6-15-19)13-17-18-14(21-13)16-12(20)8-10-4-3-7-22-10/h3-7,9H,8H2,1-2H3,(H,16,18,20). The van der Waals surface area contributed by atoms with E-state index in [9.17, 15) is 4.79 Å². The van der Waals surface area contributed by atoms with E-state index in [0.29, 0.717) is 12.3 Å². The smallest absolute Gasteiger partial charge is 0.322 e. The SMILES string of the molecule is CC(C)n1nccc1-c1nnc(NC(=O)Cc2cccs2)o1. The van der Waals surface area contributed by atoms with Gasteiger partial charge in [0.05, 0.1) is 6.42 Å². The molecule has 3 rings (SSSR count). The van der Waals surface area contributed by atoms with Gasteiger partial charge in [0.25, 0.3) is 5.89 Å². The Morgan fingerprint density at radius 2 is 2.27 bits per heavy atom. The molecule has 7 nitrogen and oxygen atoms in total. The molecule has 0 aliphatic heterocycles. The van der Waals surface area contributed by atoms with E-state index in [1.807, 2.05) is 31.4 Å². The van der Waals surface area contributed by atoms with Crippen LogP contribution in [0, 0.1) is 0 Å². The highest BCUT2D eigenvalue weighted by molar-refractivity contribution is 7.10. The second-order valence-electron chi connectivity index (χ2n) is 4.97. The first-order valence-corrected chi connectivity index (χ1v) is 7.71. The summed E-state index contributed by atoms with van der Waals surface area (Å²) in [7, 11) is 0. The van der Waals surface area contributed by atoms with Crippen molar-refractivity contribution in [2.75, 3.05) is 5.32 Å².